The third kappa shape index (κ3) is 5.45. The molecule has 21 heavy (non-hydrogen) atoms. The van der Waals surface area contributed by atoms with E-state index in [1.54, 1.807) is 32.0 Å². The molecule has 0 radical (unpaired) electrons. The maximum absolute atomic E-state index is 12.0. The van der Waals surface area contributed by atoms with E-state index in [4.69, 9.17) is 13.7 Å². The van der Waals surface area contributed by atoms with E-state index >= 15 is 0 Å². The summed E-state index contributed by atoms with van der Waals surface area (Å²) in [4.78, 5) is 11.4. The van der Waals surface area contributed by atoms with Gasteiger partial charge < -0.3 is 9.47 Å². The van der Waals surface area contributed by atoms with Crippen LogP contribution in [0.1, 0.15) is 19.4 Å². The highest BCUT2D eigenvalue weighted by Gasteiger charge is 2.18. The zero-order valence-corrected chi connectivity index (χ0v) is 13.2. The van der Waals surface area contributed by atoms with E-state index in [2.05, 4.69) is 0 Å². The van der Waals surface area contributed by atoms with Crippen LogP contribution in [-0.2, 0) is 28.6 Å². The Morgan fingerprint density at radius 2 is 1.90 bits per heavy atom. The minimum Gasteiger partial charge on any atom is -0.464 e. The van der Waals surface area contributed by atoms with Gasteiger partial charge in [-0.25, -0.2) is 4.79 Å². The Balaban J connectivity index is 2.45. The van der Waals surface area contributed by atoms with Crippen LogP contribution in [0.25, 0.3) is 0 Å². The summed E-state index contributed by atoms with van der Waals surface area (Å²) in [5, 5.41) is 0. The molecule has 0 heterocycles. The highest BCUT2D eigenvalue weighted by atomic mass is 32.2. The first-order chi connectivity index (χ1) is 9.88. The van der Waals surface area contributed by atoms with Gasteiger partial charge in [-0.2, -0.15) is 8.42 Å². The first kappa shape index (κ1) is 17.6. The number of carbonyl (C=O) groups is 1. The molecule has 1 rings (SSSR count). The van der Waals surface area contributed by atoms with Crippen LogP contribution in [0.2, 0.25) is 0 Å². The first-order valence-corrected chi connectivity index (χ1v) is 8.02. The van der Waals surface area contributed by atoms with E-state index in [9.17, 15) is 13.2 Å². The first-order valence-electron chi connectivity index (χ1n) is 6.61. The maximum atomic E-state index is 12.0. The fraction of sp³-hybridized carbons (Fsp3) is 0.500. The zero-order chi connectivity index (χ0) is 15.9. The molecule has 0 saturated heterocycles. The van der Waals surface area contributed by atoms with Crippen LogP contribution in [-0.4, -0.2) is 40.3 Å². The van der Waals surface area contributed by atoms with Gasteiger partial charge in [-0.3, -0.25) is 4.18 Å². The molecule has 1 aromatic rings. The molecule has 1 atom stereocenters. The van der Waals surface area contributed by atoms with Crippen LogP contribution < -0.4 is 0 Å². The summed E-state index contributed by atoms with van der Waals surface area (Å²) >= 11 is 0. The molecule has 1 unspecified atom stereocenters. The van der Waals surface area contributed by atoms with Crippen LogP contribution in [0.5, 0.6) is 0 Å². The molecule has 0 bridgehead atoms. The molecule has 0 aliphatic heterocycles. The lowest BCUT2D eigenvalue weighted by Crippen LogP contribution is -2.25. The number of ether oxygens (including phenoxy) is 2. The van der Waals surface area contributed by atoms with Gasteiger partial charge in [-0.1, -0.05) is 18.2 Å². The number of aryl methyl sites for hydroxylation is 1. The average molecular weight is 316 g/mol. The van der Waals surface area contributed by atoms with Gasteiger partial charge in [0, 0.05) is 0 Å². The van der Waals surface area contributed by atoms with Gasteiger partial charge in [0.15, 0.2) is 6.10 Å². The van der Waals surface area contributed by atoms with Crippen molar-refractivity contribution in [2.24, 2.45) is 0 Å². The van der Waals surface area contributed by atoms with Gasteiger partial charge in [0.25, 0.3) is 10.1 Å². The fourth-order valence-electron chi connectivity index (χ4n) is 1.60. The molecule has 0 amide bonds. The van der Waals surface area contributed by atoms with E-state index in [0.29, 0.717) is 5.56 Å². The lowest BCUT2D eigenvalue weighted by molar-refractivity contribution is -0.155. The molecule has 0 N–H and O–H groups in total. The predicted molar refractivity (Wildman–Crippen MR) is 76.4 cm³/mol. The Labute approximate surface area is 125 Å². The fourth-order valence-corrected chi connectivity index (χ4v) is 2.72. The molecule has 0 saturated carbocycles. The Kier molecular flexibility index (Phi) is 6.80. The summed E-state index contributed by atoms with van der Waals surface area (Å²) in [6, 6.07) is 6.55. The monoisotopic (exact) mass is 316 g/mol. The van der Waals surface area contributed by atoms with Gasteiger partial charge in [-0.05, 0) is 32.4 Å². The highest BCUT2D eigenvalue weighted by Crippen LogP contribution is 2.16. The quantitative estimate of drug-likeness (QED) is 0.412. The molecule has 0 spiro atoms. The lowest BCUT2D eigenvalue weighted by Gasteiger charge is -2.12. The van der Waals surface area contributed by atoms with Gasteiger partial charge in [-0.15, -0.1) is 0 Å². The summed E-state index contributed by atoms with van der Waals surface area (Å²) in [7, 11) is -3.82. The average Bonchev–Trinajstić information content (AvgIpc) is 2.44. The van der Waals surface area contributed by atoms with Crippen LogP contribution in [0.15, 0.2) is 29.2 Å². The number of esters is 1. The van der Waals surface area contributed by atoms with Crippen LogP contribution in [0.3, 0.4) is 0 Å². The molecule has 0 aliphatic rings. The second-order valence-corrected chi connectivity index (χ2v) is 5.89. The number of hydrogen-bond donors (Lipinski definition) is 0. The number of hydrogen-bond acceptors (Lipinski definition) is 6. The minimum absolute atomic E-state index is 0.0227. The van der Waals surface area contributed by atoms with Gasteiger partial charge in [0.1, 0.15) is 0 Å². The maximum Gasteiger partial charge on any atom is 0.334 e. The van der Waals surface area contributed by atoms with Crippen LogP contribution in [0, 0.1) is 6.92 Å². The molecule has 0 aromatic heterocycles. The Morgan fingerprint density at radius 3 is 2.52 bits per heavy atom. The third-order valence-electron chi connectivity index (χ3n) is 2.67. The van der Waals surface area contributed by atoms with E-state index in [0.717, 1.165) is 0 Å². The topological polar surface area (TPSA) is 78.9 Å². The van der Waals surface area contributed by atoms with E-state index in [1.807, 2.05) is 0 Å². The Hall–Kier alpha value is -1.44. The molecular weight excluding hydrogens is 296 g/mol. The molecule has 118 valence electrons. The normalized spacial score (nSPS) is 12.9. The molecule has 0 aliphatic carbocycles. The summed E-state index contributed by atoms with van der Waals surface area (Å²) in [5.74, 6) is -0.487. The molecule has 1 aromatic carbocycles. The van der Waals surface area contributed by atoms with Crippen molar-refractivity contribution < 1.29 is 26.9 Å². The van der Waals surface area contributed by atoms with Gasteiger partial charge >= 0.3 is 5.97 Å². The number of rotatable bonds is 8. The zero-order valence-electron chi connectivity index (χ0n) is 12.4. The van der Waals surface area contributed by atoms with E-state index < -0.39 is 22.2 Å². The van der Waals surface area contributed by atoms with Gasteiger partial charge in [0.2, 0.25) is 0 Å². The summed E-state index contributed by atoms with van der Waals surface area (Å²) in [6.07, 6.45) is -0.755. The predicted octanol–water partition coefficient (Wildman–Crippen LogP) is 1.67. The third-order valence-corrected chi connectivity index (χ3v) is 4.14. The SMILES string of the molecule is CCOC(=O)C(C)OCCOS(=O)(=O)c1ccccc1C. The number of benzene rings is 1. The lowest BCUT2D eigenvalue weighted by atomic mass is 10.2. The minimum atomic E-state index is -3.82. The highest BCUT2D eigenvalue weighted by molar-refractivity contribution is 7.86. The Morgan fingerprint density at radius 1 is 1.24 bits per heavy atom. The summed E-state index contributed by atoms with van der Waals surface area (Å²) in [5.41, 5.74) is 0.610. The van der Waals surface area contributed by atoms with Crippen molar-refractivity contribution in [3.8, 4) is 0 Å². The second-order valence-electron chi connectivity index (χ2n) is 4.31. The number of carbonyl (C=O) groups excluding carboxylic acids is 1. The Bertz CT molecular complexity index is 567. The van der Waals surface area contributed by atoms with Crippen molar-refractivity contribution in [1.29, 1.82) is 0 Å². The summed E-state index contributed by atoms with van der Waals surface area (Å²) in [6.45, 7) is 5.00. The van der Waals surface area contributed by atoms with Crippen molar-refractivity contribution in [2.45, 2.75) is 31.8 Å². The largest absolute Gasteiger partial charge is 0.464 e. The van der Waals surface area contributed by atoms with Gasteiger partial charge in [0.05, 0.1) is 24.7 Å². The van der Waals surface area contributed by atoms with Crippen molar-refractivity contribution in [3.63, 3.8) is 0 Å². The smallest absolute Gasteiger partial charge is 0.334 e. The van der Waals surface area contributed by atoms with Crippen molar-refractivity contribution in [3.05, 3.63) is 29.8 Å². The second kappa shape index (κ2) is 8.11. The standard InChI is InChI=1S/C14H20O6S/c1-4-18-14(15)12(3)19-9-10-20-21(16,17)13-8-6-5-7-11(13)2/h5-8,12H,4,9-10H2,1-3H3. The van der Waals surface area contributed by atoms with E-state index in [-0.39, 0.29) is 24.7 Å². The van der Waals surface area contributed by atoms with Crippen molar-refractivity contribution >= 4 is 16.1 Å². The molecule has 0 fully saturated rings. The van der Waals surface area contributed by atoms with Crippen molar-refractivity contribution in [2.75, 3.05) is 19.8 Å². The van der Waals surface area contributed by atoms with Crippen LogP contribution >= 0.6 is 0 Å². The van der Waals surface area contributed by atoms with Crippen LogP contribution in [0.4, 0.5) is 0 Å². The summed E-state index contributed by atoms with van der Waals surface area (Å²) < 4.78 is 38.7. The van der Waals surface area contributed by atoms with Crippen molar-refractivity contribution in [1.82, 2.24) is 0 Å². The van der Waals surface area contributed by atoms with E-state index in [1.165, 1.54) is 13.0 Å². The molecule has 7 heteroatoms. The molecular formula is C14H20O6S. The molecule has 6 nitrogen and oxygen atoms in total.